The number of hydrogen-bond acceptors (Lipinski definition) is 8. The van der Waals surface area contributed by atoms with Crippen molar-refractivity contribution in [1.82, 2.24) is 9.21 Å². The molecule has 0 radical (unpaired) electrons. The second-order valence-electron chi connectivity index (χ2n) is 8.76. The molecule has 2 aliphatic rings. The van der Waals surface area contributed by atoms with Gasteiger partial charge in [0.15, 0.2) is 0 Å². The summed E-state index contributed by atoms with van der Waals surface area (Å²) in [6, 6.07) is 6.14. The number of nitrogens with one attached hydrogen (secondary N) is 1. The van der Waals surface area contributed by atoms with Crippen molar-refractivity contribution in [2.45, 2.75) is 37.6 Å². The number of thiophene rings is 1. The largest absolute Gasteiger partial charge is 0.497 e. The molecular weight excluding hydrogens is 506 g/mol. The van der Waals surface area contributed by atoms with Crippen molar-refractivity contribution in [2.75, 3.05) is 39.2 Å². The zero-order valence-corrected chi connectivity index (χ0v) is 22.0. The van der Waals surface area contributed by atoms with Crippen LogP contribution in [0.3, 0.4) is 0 Å². The molecule has 4 rings (SSSR count). The monoisotopic (exact) mass is 535 g/mol. The van der Waals surface area contributed by atoms with Gasteiger partial charge in [-0.2, -0.15) is 4.31 Å². The van der Waals surface area contributed by atoms with Gasteiger partial charge >= 0.3 is 5.97 Å². The van der Waals surface area contributed by atoms with Crippen LogP contribution in [0.4, 0.5) is 5.00 Å². The maximum absolute atomic E-state index is 13.2. The van der Waals surface area contributed by atoms with Gasteiger partial charge in [0, 0.05) is 31.4 Å². The lowest BCUT2D eigenvalue weighted by Gasteiger charge is -2.31. The van der Waals surface area contributed by atoms with Crippen LogP contribution >= 0.6 is 11.3 Å². The average Bonchev–Trinajstić information content (AvgIpc) is 3.25. The van der Waals surface area contributed by atoms with E-state index in [1.54, 1.807) is 17.0 Å². The number of rotatable bonds is 6. The molecule has 1 unspecified atom stereocenters. The highest BCUT2D eigenvalue weighted by molar-refractivity contribution is 7.89. The molecule has 1 aromatic heterocycles. The van der Waals surface area contributed by atoms with Crippen LogP contribution in [0.5, 0.6) is 5.75 Å². The number of nitrogens with zero attached hydrogens (tertiary/aromatic N) is 2. The van der Waals surface area contributed by atoms with Gasteiger partial charge in [-0.15, -0.1) is 11.3 Å². The van der Waals surface area contributed by atoms with Crippen LogP contribution in [0.15, 0.2) is 29.2 Å². The van der Waals surface area contributed by atoms with E-state index in [1.165, 1.54) is 48.9 Å². The predicted octanol–water partition coefficient (Wildman–Crippen LogP) is 2.49. The van der Waals surface area contributed by atoms with Crippen LogP contribution in [0.1, 0.15) is 40.6 Å². The van der Waals surface area contributed by atoms with Gasteiger partial charge in [-0.3, -0.25) is 9.59 Å². The van der Waals surface area contributed by atoms with Crippen molar-refractivity contribution >= 4 is 44.1 Å². The molecule has 0 aliphatic carbocycles. The first-order chi connectivity index (χ1) is 17.1. The molecule has 1 fully saturated rings. The summed E-state index contributed by atoms with van der Waals surface area (Å²) >= 11 is 1.26. The Bertz CT molecular complexity index is 1270. The van der Waals surface area contributed by atoms with Crippen LogP contribution in [-0.4, -0.2) is 69.3 Å². The van der Waals surface area contributed by atoms with Gasteiger partial charge in [0.05, 0.1) is 37.1 Å². The van der Waals surface area contributed by atoms with E-state index in [4.69, 9.17) is 9.47 Å². The number of amides is 2. The van der Waals surface area contributed by atoms with E-state index < -0.39 is 21.9 Å². The first kappa shape index (κ1) is 26.1. The Morgan fingerprint density at radius 3 is 2.47 bits per heavy atom. The van der Waals surface area contributed by atoms with Gasteiger partial charge in [0.1, 0.15) is 10.8 Å². The summed E-state index contributed by atoms with van der Waals surface area (Å²) in [6.45, 7) is 2.71. The number of carbonyl (C=O) groups excluding carboxylic acids is 3. The topological polar surface area (TPSA) is 122 Å². The van der Waals surface area contributed by atoms with E-state index in [0.717, 1.165) is 10.4 Å². The Hall–Kier alpha value is -2.96. The first-order valence-corrected chi connectivity index (χ1v) is 13.8. The summed E-state index contributed by atoms with van der Waals surface area (Å²) in [7, 11) is -0.990. The number of anilines is 1. The molecule has 0 bridgehead atoms. The molecule has 1 aromatic carbocycles. The molecule has 2 aromatic rings. The average molecular weight is 536 g/mol. The highest BCUT2D eigenvalue weighted by atomic mass is 32.2. The summed E-state index contributed by atoms with van der Waals surface area (Å²) in [4.78, 5) is 40.3. The number of piperidine rings is 1. The molecule has 12 heteroatoms. The normalized spacial score (nSPS) is 18.3. The fourth-order valence-corrected chi connectivity index (χ4v) is 7.34. The lowest BCUT2D eigenvalue weighted by Crippen LogP contribution is -2.43. The van der Waals surface area contributed by atoms with Crippen LogP contribution in [0.25, 0.3) is 0 Å². The standard InChI is InChI=1S/C24H29N3O7S2/c1-15(28)26-12-10-19-20(14-26)35-23(21(19)24(30)34-3)25-22(29)16-5-4-11-27(13-16)36(31,32)18-8-6-17(33-2)7-9-18/h6-9,16H,4-5,10-14H2,1-3H3,(H,25,29). The summed E-state index contributed by atoms with van der Waals surface area (Å²) in [5.74, 6) is -0.982. The number of fused-ring (bicyclic) bond motifs is 1. The fourth-order valence-electron chi connectivity index (χ4n) is 4.56. The number of esters is 1. The molecule has 10 nitrogen and oxygen atoms in total. The summed E-state index contributed by atoms with van der Waals surface area (Å²) in [5.41, 5.74) is 1.10. The predicted molar refractivity (Wildman–Crippen MR) is 134 cm³/mol. The lowest BCUT2D eigenvalue weighted by atomic mass is 9.98. The number of sulfonamides is 1. The van der Waals surface area contributed by atoms with Crippen molar-refractivity contribution in [1.29, 1.82) is 0 Å². The second kappa shape index (κ2) is 10.6. The van der Waals surface area contributed by atoms with Gasteiger partial charge in [-0.05, 0) is 49.1 Å². The zero-order valence-electron chi connectivity index (χ0n) is 20.4. The van der Waals surface area contributed by atoms with Crippen LogP contribution in [-0.2, 0) is 37.3 Å². The molecule has 1 N–H and O–H groups in total. The van der Waals surface area contributed by atoms with E-state index in [1.807, 2.05) is 0 Å². The van der Waals surface area contributed by atoms with Crippen molar-refractivity contribution < 1.29 is 32.3 Å². The Morgan fingerprint density at radius 1 is 1.11 bits per heavy atom. The van der Waals surface area contributed by atoms with Gasteiger partial charge < -0.3 is 19.7 Å². The van der Waals surface area contributed by atoms with Crippen LogP contribution in [0, 0.1) is 5.92 Å². The third-order valence-electron chi connectivity index (χ3n) is 6.58. The van der Waals surface area contributed by atoms with E-state index in [-0.39, 0.29) is 23.3 Å². The third-order valence-corrected chi connectivity index (χ3v) is 9.59. The minimum atomic E-state index is -3.78. The second-order valence-corrected chi connectivity index (χ2v) is 11.8. The Labute approximate surface area is 214 Å². The summed E-state index contributed by atoms with van der Waals surface area (Å²) in [5, 5.41) is 3.23. The number of ether oxygens (including phenoxy) is 2. The van der Waals surface area contributed by atoms with Crippen LogP contribution < -0.4 is 10.1 Å². The van der Waals surface area contributed by atoms with Gasteiger partial charge in [-0.1, -0.05) is 0 Å². The maximum Gasteiger partial charge on any atom is 0.341 e. The molecule has 3 heterocycles. The van der Waals surface area contributed by atoms with E-state index in [9.17, 15) is 22.8 Å². The Morgan fingerprint density at radius 2 is 1.83 bits per heavy atom. The number of benzene rings is 1. The Kier molecular flexibility index (Phi) is 7.67. The minimum Gasteiger partial charge on any atom is -0.497 e. The maximum atomic E-state index is 13.2. The number of hydrogen-bond donors (Lipinski definition) is 1. The van der Waals surface area contributed by atoms with Crippen molar-refractivity contribution in [3.63, 3.8) is 0 Å². The third kappa shape index (κ3) is 5.11. The van der Waals surface area contributed by atoms with E-state index >= 15 is 0 Å². The highest BCUT2D eigenvalue weighted by Crippen LogP contribution is 2.38. The molecular formula is C24H29N3O7S2. The quantitative estimate of drug-likeness (QED) is 0.564. The molecule has 36 heavy (non-hydrogen) atoms. The highest BCUT2D eigenvalue weighted by Gasteiger charge is 2.35. The molecule has 0 saturated carbocycles. The molecule has 2 amide bonds. The van der Waals surface area contributed by atoms with E-state index in [0.29, 0.717) is 55.2 Å². The van der Waals surface area contributed by atoms with Crippen LogP contribution in [0.2, 0.25) is 0 Å². The van der Waals surface area contributed by atoms with Gasteiger partial charge in [-0.25, -0.2) is 13.2 Å². The van der Waals surface area contributed by atoms with Gasteiger partial charge in [0.2, 0.25) is 21.8 Å². The fraction of sp³-hybridized carbons (Fsp3) is 0.458. The molecule has 1 atom stereocenters. The summed E-state index contributed by atoms with van der Waals surface area (Å²) in [6.07, 6.45) is 1.55. The molecule has 194 valence electrons. The first-order valence-electron chi connectivity index (χ1n) is 11.6. The number of carbonyl (C=O) groups is 3. The van der Waals surface area contributed by atoms with Crippen molar-refractivity contribution in [2.24, 2.45) is 5.92 Å². The Balaban J connectivity index is 1.53. The zero-order chi connectivity index (χ0) is 26.0. The number of methoxy groups -OCH3 is 2. The molecule has 2 aliphatic heterocycles. The van der Waals surface area contributed by atoms with Gasteiger partial charge in [0.25, 0.3) is 0 Å². The minimum absolute atomic E-state index is 0.0386. The van der Waals surface area contributed by atoms with Crippen molar-refractivity contribution in [3.05, 3.63) is 40.3 Å². The summed E-state index contributed by atoms with van der Waals surface area (Å²) < 4.78 is 37.8. The smallest absolute Gasteiger partial charge is 0.341 e. The lowest BCUT2D eigenvalue weighted by molar-refractivity contribution is -0.129. The molecule has 0 spiro atoms. The SMILES string of the molecule is COC(=O)c1c(NC(=O)C2CCCN(S(=O)(=O)c3ccc(OC)cc3)C2)sc2c1CCN(C(C)=O)C2. The van der Waals surface area contributed by atoms with E-state index in [2.05, 4.69) is 5.32 Å². The molecule has 1 saturated heterocycles. The van der Waals surface area contributed by atoms with Crippen molar-refractivity contribution in [3.8, 4) is 5.75 Å².